The summed E-state index contributed by atoms with van der Waals surface area (Å²) < 4.78 is 27.9. The van der Waals surface area contributed by atoms with Gasteiger partial charge in [-0.3, -0.25) is 0 Å². The molecular formula is C62H65N4OPt-3. The number of benzene rings is 6. The third kappa shape index (κ3) is 9.44. The number of hydrogen-bond donors (Lipinski definition) is 0. The Morgan fingerprint density at radius 3 is 1.69 bits per heavy atom. The van der Waals surface area contributed by atoms with Gasteiger partial charge in [-0.2, -0.15) is 6.07 Å². The van der Waals surface area contributed by atoms with E-state index >= 15 is 0 Å². The molecule has 0 atom stereocenters. The molecule has 0 bridgehead atoms. The first kappa shape index (κ1) is 45.9. The smallest absolute Gasteiger partial charge is 0.135 e. The molecular weight excluding hydrogens is 1010 g/mol. The van der Waals surface area contributed by atoms with Gasteiger partial charge >= 0.3 is 0 Å². The largest absolute Gasteiger partial charge is 0.509 e. The molecule has 352 valence electrons. The Balaban J connectivity index is 0.00000659. The van der Waals surface area contributed by atoms with Crippen LogP contribution in [0.25, 0.3) is 27.6 Å². The second-order valence-electron chi connectivity index (χ2n) is 22.4. The van der Waals surface area contributed by atoms with Gasteiger partial charge in [-0.1, -0.05) is 174 Å². The summed E-state index contributed by atoms with van der Waals surface area (Å²) in [7, 11) is 0. The molecule has 5 nitrogen and oxygen atoms in total. The first-order valence-corrected chi connectivity index (χ1v) is 23.5. The Bertz CT molecular complexity index is 3230. The van der Waals surface area contributed by atoms with Crippen LogP contribution in [0.2, 0.25) is 0 Å². The number of rotatable bonds is 9. The molecule has 0 spiro atoms. The van der Waals surface area contributed by atoms with Crippen LogP contribution in [0.1, 0.15) is 132 Å². The monoisotopic (exact) mass is 1080 g/mol. The molecule has 0 fully saturated rings. The number of pyridine rings is 1. The fraction of sp³-hybridized carbons (Fsp3) is 0.290. The van der Waals surface area contributed by atoms with Gasteiger partial charge in [-0.25, -0.2) is 4.98 Å². The van der Waals surface area contributed by atoms with E-state index in [1.54, 1.807) is 4.90 Å². The van der Waals surface area contributed by atoms with E-state index in [9.17, 15) is 2.74 Å². The second-order valence-corrected chi connectivity index (χ2v) is 22.4. The molecule has 0 unspecified atom stereocenters. The zero-order chi connectivity index (χ0) is 49.4. The van der Waals surface area contributed by atoms with E-state index in [-0.39, 0.29) is 55.1 Å². The molecule has 0 amide bonds. The van der Waals surface area contributed by atoms with Gasteiger partial charge < -0.3 is 19.1 Å². The van der Waals surface area contributed by atoms with Crippen LogP contribution in [-0.2, 0) is 48.1 Å². The van der Waals surface area contributed by atoms with Crippen LogP contribution in [0.3, 0.4) is 0 Å². The van der Waals surface area contributed by atoms with Crippen molar-refractivity contribution in [3.63, 3.8) is 0 Å². The molecule has 6 aromatic carbocycles. The molecule has 8 aromatic rings. The molecule has 68 heavy (non-hydrogen) atoms. The van der Waals surface area contributed by atoms with Gasteiger partial charge in [0.15, 0.2) is 0 Å². The molecule has 2 aromatic heterocycles. The molecule has 3 heterocycles. The van der Waals surface area contributed by atoms with Crippen LogP contribution >= 0.6 is 0 Å². The SMILES string of the molecule is [2H]C1=C([2H])N(c2cc(C(C)(C)C)cc(C(C)(C)C)c2)[CH-]N1c1[c-]c(Oc2[c-]c3c(cc2)c2cc(C(C)(C)C)ccc2n3-c2cc(C(C)(C)c3ccccc3)ccn2)cc(C(C)(C)c2ccccc2)c1.[Pt]. The van der Waals surface area contributed by atoms with Crippen molar-refractivity contribution in [2.24, 2.45) is 0 Å². The summed E-state index contributed by atoms with van der Waals surface area (Å²) in [6.45, 7) is 30.8. The third-order valence-electron chi connectivity index (χ3n) is 13.7. The van der Waals surface area contributed by atoms with Gasteiger partial charge in [0.25, 0.3) is 0 Å². The molecule has 0 radical (unpaired) electrons. The van der Waals surface area contributed by atoms with Crippen molar-refractivity contribution >= 4 is 33.2 Å². The number of fused-ring (bicyclic) bond motifs is 3. The van der Waals surface area contributed by atoms with E-state index in [1.807, 2.05) is 36.0 Å². The average Bonchev–Trinajstić information content (AvgIpc) is 3.80. The van der Waals surface area contributed by atoms with Crippen molar-refractivity contribution in [3.05, 3.63) is 210 Å². The molecule has 1 aliphatic heterocycles. The van der Waals surface area contributed by atoms with E-state index < -0.39 is 5.41 Å². The summed E-state index contributed by atoms with van der Waals surface area (Å²) in [5, 5.41) is 2.17. The topological polar surface area (TPSA) is 33.5 Å². The molecule has 1 aliphatic rings. The van der Waals surface area contributed by atoms with Crippen molar-refractivity contribution in [3.8, 4) is 17.3 Å². The summed E-state index contributed by atoms with van der Waals surface area (Å²) in [4.78, 5) is 8.57. The average molecular weight is 1080 g/mol. The van der Waals surface area contributed by atoms with E-state index in [1.165, 1.54) is 22.3 Å². The summed E-state index contributed by atoms with van der Waals surface area (Å²) >= 11 is 0. The van der Waals surface area contributed by atoms with Gasteiger partial charge in [0.1, 0.15) is 5.82 Å². The van der Waals surface area contributed by atoms with Crippen molar-refractivity contribution in [1.82, 2.24) is 9.55 Å². The van der Waals surface area contributed by atoms with Crippen LogP contribution in [0.15, 0.2) is 152 Å². The van der Waals surface area contributed by atoms with Gasteiger partial charge in [-0.05, 0) is 103 Å². The van der Waals surface area contributed by atoms with Gasteiger partial charge in [0.05, 0.1) is 2.74 Å². The van der Waals surface area contributed by atoms with Crippen molar-refractivity contribution in [2.75, 3.05) is 9.80 Å². The summed E-state index contributed by atoms with van der Waals surface area (Å²) in [6.07, 6.45) is 2.03. The predicted octanol–water partition coefficient (Wildman–Crippen LogP) is 16.0. The Kier molecular flexibility index (Phi) is 12.1. The summed E-state index contributed by atoms with van der Waals surface area (Å²) in [5.74, 6) is 1.79. The minimum absolute atomic E-state index is 0. The molecule has 0 saturated heterocycles. The fourth-order valence-corrected chi connectivity index (χ4v) is 9.00. The summed E-state index contributed by atoms with van der Waals surface area (Å²) in [5.41, 5.74) is 10.4. The number of hydrogen-bond acceptors (Lipinski definition) is 4. The van der Waals surface area contributed by atoms with E-state index in [0.29, 0.717) is 17.2 Å². The number of ether oxygens (including phenoxy) is 1. The van der Waals surface area contributed by atoms with Crippen LogP contribution in [0, 0.1) is 18.8 Å². The summed E-state index contributed by atoms with van der Waals surface area (Å²) in [6, 6.07) is 54.2. The van der Waals surface area contributed by atoms with Gasteiger partial charge in [-0.15, -0.1) is 53.6 Å². The van der Waals surface area contributed by atoms with Crippen molar-refractivity contribution in [1.29, 1.82) is 0 Å². The Labute approximate surface area is 423 Å². The Morgan fingerprint density at radius 2 is 1.09 bits per heavy atom. The maximum Gasteiger partial charge on any atom is 0.135 e. The van der Waals surface area contributed by atoms with Crippen molar-refractivity contribution < 1.29 is 28.5 Å². The zero-order valence-electron chi connectivity index (χ0n) is 43.9. The number of aromatic nitrogens is 2. The Morgan fingerprint density at radius 1 is 0.500 bits per heavy atom. The minimum atomic E-state index is -0.462. The first-order valence-electron chi connectivity index (χ1n) is 24.5. The quantitative estimate of drug-likeness (QED) is 0.135. The number of nitrogens with zero attached hydrogens (tertiary/aromatic N) is 4. The molecule has 0 N–H and O–H groups in total. The van der Waals surface area contributed by atoms with Crippen molar-refractivity contribution in [2.45, 2.75) is 117 Å². The second kappa shape index (κ2) is 17.9. The standard InChI is InChI=1S/C62H65N4O.Pt/c1-58(2,3)44-24-27-55-54(37-44)53-26-25-51(40-56(53)66(55)57-38-45(28-29-63-57)61(10,11)42-20-16-14-17-21-42)67-52-36-48(62(12,13)43-22-18-15-19-23-43)35-50(39-52)65-31-30-64(41-65)49-33-46(59(4,5)6)32-47(34-49)60(7,8)9;/h14-38,41H,1-13H3;/q-3;/i30D,31D;. The van der Waals surface area contributed by atoms with E-state index in [2.05, 4.69) is 222 Å². The van der Waals surface area contributed by atoms with Gasteiger partial charge in [0, 0.05) is 55.4 Å². The third-order valence-corrected chi connectivity index (χ3v) is 13.7. The Hall–Kier alpha value is -5.90. The minimum Gasteiger partial charge on any atom is -0.509 e. The molecule has 9 rings (SSSR count). The first-order chi connectivity index (χ1) is 32.4. The van der Waals surface area contributed by atoms with Crippen LogP contribution < -0.4 is 14.5 Å². The normalized spacial score (nSPS) is 14.4. The maximum absolute atomic E-state index is 9.42. The fourth-order valence-electron chi connectivity index (χ4n) is 9.00. The molecule has 0 saturated carbocycles. The maximum atomic E-state index is 9.42. The van der Waals surface area contributed by atoms with Gasteiger partial charge in [0.2, 0.25) is 0 Å². The molecule has 6 heteroatoms. The zero-order valence-corrected chi connectivity index (χ0v) is 44.1. The van der Waals surface area contributed by atoms with Crippen LogP contribution in [0.4, 0.5) is 11.4 Å². The predicted molar refractivity (Wildman–Crippen MR) is 281 cm³/mol. The van der Waals surface area contributed by atoms with E-state index in [4.69, 9.17) is 9.72 Å². The number of anilines is 2. The molecule has 0 aliphatic carbocycles. The van der Waals surface area contributed by atoms with E-state index in [0.717, 1.165) is 50.0 Å². The van der Waals surface area contributed by atoms with Crippen LogP contribution in [0.5, 0.6) is 11.5 Å². The van der Waals surface area contributed by atoms with Crippen LogP contribution in [-0.4, -0.2) is 9.55 Å².